The summed E-state index contributed by atoms with van der Waals surface area (Å²) in [5.41, 5.74) is 0. The van der Waals surface area contributed by atoms with Gasteiger partial charge in [-0.25, -0.2) is 14.4 Å². The van der Waals surface area contributed by atoms with Crippen molar-refractivity contribution in [2.24, 2.45) is 0 Å². The average molecular weight is 1080 g/mol. The van der Waals surface area contributed by atoms with Crippen molar-refractivity contribution in [3.8, 4) is 0 Å². The third-order valence-electron chi connectivity index (χ3n) is 12.4. The highest BCUT2D eigenvalue weighted by Gasteiger charge is 2.60. The highest BCUT2D eigenvalue weighted by Crippen LogP contribution is 2.39. The topological polar surface area (TPSA) is 474 Å². The number of hydrogen-bond acceptors (Lipinski definition) is 29. The fourth-order valence-electron chi connectivity index (χ4n) is 9.00. The predicted octanol–water partition coefficient (Wildman–Crippen LogP) is -9.37. The largest absolute Gasteiger partial charge is 0.453 e. The van der Waals surface area contributed by atoms with Crippen molar-refractivity contribution in [2.75, 3.05) is 26.4 Å². The van der Waals surface area contributed by atoms with Gasteiger partial charge in [0.25, 0.3) is 0 Å². The predicted molar refractivity (Wildman–Crippen MR) is 232 cm³/mol. The van der Waals surface area contributed by atoms with E-state index in [2.05, 4.69) is 10.6 Å². The summed E-state index contributed by atoms with van der Waals surface area (Å²) < 4.78 is 65.4. The van der Waals surface area contributed by atoms with Crippen LogP contribution in [-0.4, -0.2) is 282 Å². The van der Waals surface area contributed by atoms with Crippen LogP contribution in [0, 0.1) is 0 Å². The molecular weight excluding hydrogens is 1010 g/mol. The molecule has 0 spiro atoms. The third kappa shape index (κ3) is 15.0. The Morgan fingerprint density at radius 3 is 1.34 bits per heavy atom. The first-order valence-corrected chi connectivity index (χ1v) is 23.8. The lowest BCUT2D eigenvalue weighted by molar-refractivity contribution is -0.387. The minimum atomic E-state index is -2.38. The van der Waals surface area contributed by atoms with Gasteiger partial charge in [-0.15, -0.1) is 0 Å². The normalized spacial score (nSPS) is 39.8. The van der Waals surface area contributed by atoms with E-state index in [4.69, 9.17) is 52.1 Å². The highest BCUT2D eigenvalue weighted by molar-refractivity contribution is 5.77. The molecule has 6 aliphatic rings. The lowest BCUT2D eigenvalue weighted by atomic mass is 9.94. The van der Waals surface area contributed by atoms with Crippen molar-refractivity contribution < 1.29 is 142 Å². The molecule has 6 fully saturated rings. The number of carbonyl (C=O) groups excluding carboxylic acids is 5. The summed E-state index contributed by atoms with van der Waals surface area (Å²) in [6.07, 6.45) is -48.4. The van der Waals surface area contributed by atoms with Gasteiger partial charge in [0.1, 0.15) is 79.2 Å². The van der Waals surface area contributed by atoms with Crippen LogP contribution in [-0.2, 0) is 76.1 Å². The molecule has 0 saturated carbocycles. The monoisotopic (exact) mass is 1080 g/mol. The van der Waals surface area contributed by atoms with Crippen LogP contribution in [0.1, 0.15) is 53.9 Å². The Balaban J connectivity index is 1.69. The van der Waals surface area contributed by atoms with Crippen molar-refractivity contribution >= 4 is 29.7 Å². The first-order chi connectivity index (χ1) is 34.8. The van der Waals surface area contributed by atoms with E-state index in [1.54, 1.807) is 0 Å². The molecule has 31 heteroatoms. The van der Waals surface area contributed by atoms with Crippen LogP contribution in [0.15, 0.2) is 0 Å². The summed E-state index contributed by atoms with van der Waals surface area (Å²) in [4.78, 5) is 66.0. The Morgan fingerprint density at radius 1 is 0.446 bits per heavy atom. The second-order valence-electron chi connectivity index (χ2n) is 18.7. The number of hydrogen-bond donors (Lipinski definition) is 15. The van der Waals surface area contributed by atoms with Crippen LogP contribution < -0.4 is 10.6 Å². The quantitative estimate of drug-likeness (QED) is 0.0398. The summed E-state index contributed by atoms with van der Waals surface area (Å²) in [5, 5.41) is 145. The van der Waals surface area contributed by atoms with Crippen LogP contribution in [0.4, 0.5) is 0 Å². The van der Waals surface area contributed by atoms with E-state index >= 15 is 0 Å². The van der Waals surface area contributed by atoms with Crippen molar-refractivity contribution in [1.29, 1.82) is 0 Å². The molecule has 6 rings (SSSR count). The number of amides is 2. The molecule has 31 nitrogen and oxygen atoms in total. The zero-order valence-corrected chi connectivity index (χ0v) is 40.8. The summed E-state index contributed by atoms with van der Waals surface area (Å²) in [6, 6.07) is -3.33. The van der Waals surface area contributed by atoms with Crippen LogP contribution >= 0.6 is 0 Å². The van der Waals surface area contributed by atoms with Gasteiger partial charge < -0.3 is 129 Å². The Bertz CT molecular complexity index is 1850. The molecule has 6 bridgehead atoms. The van der Waals surface area contributed by atoms with Gasteiger partial charge in [0.2, 0.25) is 11.8 Å². The molecule has 0 aromatic carbocycles. The maximum Gasteiger partial charge on any atom is 0.335 e. The molecule has 0 radical (unpaired) electrons. The van der Waals surface area contributed by atoms with Gasteiger partial charge in [-0.2, -0.15) is 0 Å². The zero-order valence-electron chi connectivity index (χ0n) is 40.8. The average Bonchev–Trinajstić information content (AvgIpc) is 3.32. The Hall–Kier alpha value is -3.49. The molecule has 2 amide bonds. The first-order valence-electron chi connectivity index (χ1n) is 23.8. The van der Waals surface area contributed by atoms with Crippen LogP contribution in [0.2, 0.25) is 0 Å². The van der Waals surface area contributed by atoms with Gasteiger partial charge in [0.15, 0.2) is 61.8 Å². The van der Waals surface area contributed by atoms with Crippen LogP contribution in [0.3, 0.4) is 0 Å². The lowest BCUT2D eigenvalue weighted by Gasteiger charge is -2.50. The third-order valence-corrected chi connectivity index (χ3v) is 12.4. The second kappa shape index (κ2) is 27.2. The van der Waals surface area contributed by atoms with E-state index in [-0.39, 0.29) is 0 Å². The number of esters is 3. The molecule has 74 heavy (non-hydrogen) atoms. The molecule has 6 heterocycles. The molecular formula is C43H70N2O29. The van der Waals surface area contributed by atoms with Gasteiger partial charge in [-0.05, 0) is 20.8 Å². The zero-order chi connectivity index (χ0) is 55.0. The Kier molecular flexibility index (Phi) is 22.6. The van der Waals surface area contributed by atoms with Crippen LogP contribution in [0.25, 0.3) is 0 Å². The Morgan fingerprint density at radius 2 is 0.851 bits per heavy atom. The van der Waals surface area contributed by atoms with Crippen molar-refractivity contribution in [3.05, 3.63) is 0 Å². The van der Waals surface area contributed by atoms with Crippen LogP contribution in [0.5, 0.6) is 0 Å². The number of aliphatic hydroxyl groups excluding tert-OH is 13. The van der Waals surface area contributed by atoms with Gasteiger partial charge in [-0.1, -0.05) is 0 Å². The van der Waals surface area contributed by atoms with E-state index in [0.29, 0.717) is 0 Å². The number of ether oxygens (including phenoxy) is 11. The molecule has 0 aliphatic carbocycles. The summed E-state index contributed by atoms with van der Waals surface area (Å²) in [7, 11) is 0. The maximum absolute atomic E-state index is 13.7. The number of nitrogens with one attached hydrogen (secondary N) is 2. The van der Waals surface area contributed by atoms with Gasteiger partial charge in [0.05, 0.1) is 44.7 Å². The van der Waals surface area contributed by atoms with E-state index in [1.807, 2.05) is 0 Å². The van der Waals surface area contributed by atoms with Crippen molar-refractivity contribution in [1.82, 2.24) is 10.6 Å². The van der Waals surface area contributed by atoms with Gasteiger partial charge in [0, 0.05) is 33.1 Å². The number of fused-ring (bicyclic) bond motifs is 2. The second-order valence-corrected chi connectivity index (χ2v) is 18.7. The molecule has 15 N–H and O–H groups in total. The minimum absolute atomic E-state index is 0.621. The number of carbonyl (C=O) groups is 5. The maximum atomic E-state index is 13.7. The standard InChI is InChI=1S/C43H70N2O29/c1-13(50)6-18(55)37(61)68-32-24(12-49)67-43(36(70-39(63)20(57)8-15(3)52)35(32)69-38(62)19(56)7-14(2)51)72-31-23(11-48)66-42-29(60)34(31)74-41-26(45-17(5)54)33(27(58)21(9-46)64-41)73-40-25(44-16(4)53)28(59)30(71-42)22(10-47)65-40/h13-15,18-36,40-43,46-52,55-60H,6-12H2,1-5H3,(H,44,53)(H,45,54)/t13?,14?,15?,18?,19?,20?,21-,22-,23-,24-,25-,26+,27-,28-,29+,30+,31-,32-,33-,34-,35+,36+,40+,41-,42-,43+/m1/s1. The van der Waals surface area contributed by atoms with E-state index < -0.39 is 235 Å². The SMILES string of the molecule is CC(=O)N[C@@H]1[C@H]2O[C@@H]3[C@H](O)[C@@H](O[C@@H]4[C@H](O)[C@@H](NC(C)=O)[C@H](O[C@H]1[C@H](O)[C@@H](CO)O2)O[C@@H]4CO)O[C@H](CO)[C@H]3O[C@@H]1O[C@H](CO)[C@@H](OC(=O)C(O)CC(C)O)[C@H](OC(=O)C(O)CC(C)O)[C@@H]1OC(=O)C(O)CC(C)O. The summed E-state index contributed by atoms with van der Waals surface area (Å²) in [5.74, 6) is -6.31. The van der Waals surface area contributed by atoms with E-state index in [1.165, 1.54) is 20.8 Å². The molecule has 26 atom stereocenters. The van der Waals surface area contributed by atoms with Gasteiger partial charge >= 0.3 is 17.9 Å². The molecule has 6 aliphatic heterocycles. The molecule has 0 aromatic rings. The highest BCUT2D eigenvalue weighted by atomic mass is 16.8. The Labute approximate surface area is 422 Å². The lowest BCUT2D eigenvalue weighted by Crippen LogP contribution is -2.70. The number of rotatable bonds is 20. The molecule has 426 valence electrons. The summed E-state index contributed by atoms with van der Waals surface area (Å²) >= 11 is 0. The molecule has 6 unspecified atom stereocenters. The van der Waals surface area contributed by atoms with Gasteiger partial charge in [-0.3, -0.25) is 9.59 Å². The fraction of sp³-hybridized carbons (Fsp3) is 0.884. The smallest absolute Gasteiger partial charge is 0.335 e. The fourth-order valence-corrected chi connectivity index (χ4v) is 9.00. The first kappa shape index (κ1) is 61.4. The molecule has 0 aromatic heterocycles. The van der Waals surface area contributed by atoms with Crippen molar-refractivity contribution in [3.63, 3.8) is 0 Å². The summed E-state index contributed by atoms with van der Waals surface area (Å²) in [6.45, 7) is 1.41. The van der Waals surface area contributed by atoms with E-state index in [9.17, 15) is 90.4 Å². The van der Waals surface area contributed by atoms with E-state index in [0.717, 1.165) is 13.8 Å². The van der Waals surface area contributed by atoms with Crippen molar-refractivity contribution in [2.45, 2.75) is 213 Å². The number of aliphatic hydroxyl groups is 13. The minimum Gasteiger partial charge on any atom is -0.453 e. The molecule has 6 saturated heterocycles.